The van der Waals surface area contributed by atoms with Crippen LogP contribution in [0.5, 0.6) is 5.75 Å². The molecular weight excluding hydrogens is 196 g/mol. The molecule has 0 spiro atoms. The van der Waals surface area contributed by atoms with Crippen molar-refractivity contribution < 1.29 is 14.1 Å². The number of aromatic nitrogens is 1. The van der Waals surface area contributed by atoms with Gasteiger partial charge in [-0.3, -0.25) is 4.79 Å². The van der Waals surface area contributed by atoms with Gasteiger partial charge in [0.2, 0.25) is 0 Å². The number of rotatable bonds is 2. The van der Waals surface area contributed by atoms with Crippen molar-refractivity contribution >= 4 is 16.9 Å². The lowest BCUT2D eigenvalue weighted by Gasteiger charge is -2.00. The van der Waals surface area contributed by atoms with Gasteiger partial charge in [0, 0.05) is 7.05 Å². The molecule has 0 aliphatic carbocycles. The maximum atomic E-state index is 11.5. The monoisotopic (exact) mass is 206 g/mol. The van der Waals surface area contributed by atoms with Crippen LogP contribution in [-0.4, -0.2) is 25.2 Å². The summed E-state index contributed by atoms with van der Waals surface area (Å²) in [5.74, 6) is 0.283. The van der Waals surface area contributed by atoms with E-state index < -0.39 is 0 Å². The maximum Gasteiger partial charge on any atom is 0.274 e. The van der Waals surface area contributed by atoms with Gasteiger partial charge in [-0.15, -0.1) is 0 Å². The standard InChI is InChI=1S/C10H10N2O3/c1-11-10(13)9-8-6(14-2)4-3-5-7(8)15-12-9/h3-5H,1-2H3,(H,11,13). The number of hydrogen-bond acceptors (Lipinski definition) is 4. The smallest absolute Gasteiger partial charge is 0.274 e. The van der Waals surface area contributed by atoms with Crippen LogP contribution in [0.25, 0.3) is 11.0 Å². The van der Waals surface area contributed by atoms with Crippen LogP contribution in [0.4, 0.5) is 0 Å². The lowest BCUT2D eigenvalue weighted by molar-refractivity contribution is 0.0955. The fraction of sp³-hybridized carbons (Fsp3) is 0.200. The first-order chi connectivity index (χ1) is 7.27. The molecule has 15 heavy (non-hydrogen) atoms. The minimum Gasteiger partial charge on any atom is -0.496 e. The molecule has 0 saturated heterocycles. The number of carbonyl (C=O) groups is 1. The highest BCUT2D eigenvalue weighted by molar-refractivity contribution is 6.06. The number of methoxy groups -OCH3 is 1. The molecule has 2 aromatic rings. The molecule has 0 fully saturated rings. The molecule has 78 valence electrons. The third-order valence-electron chi connectivity index (χ3n) is 2.12. The highest BCUT2D eigenvalue weighted by atomic mass is 16.5. The van der Waals surface area contributed by atoms with Crippen LogP contribution >= 0.6 is 0 Å². The molecule has 1 N–H and O–H groups in total. The average molecular weight is 206 g/mol. The van der Waals surface area contributed by atoms with E-state index in [9.17, 15) is 4.79 Å². The van der Waals surface area contributed by atoms with Crippen molar-refractivity contribution in [3.05, 3.63) is 23.9 Å². The molecule has 0 aliphatic rings. The zero-order valence-corrected chi connectivity index (χ0v) is 8.40. The summed E-state index contributed by atoms with van der Waals surface area (Å²) in [6.07, 6.45) is 0. The van der Waals surface area contributed by atoms with Crippen LogP contribution in [0.2, 0.25) is 0 Å². The van der Waals surface area contributed by atoms with Gasteiger partial charge in [-0.2, -0.15) is 0 Å². The predicted octanol–water partition coefficient (Wildman–Crippen LogP) is 1.20. The summed E-state index contributed by atoms with van der Waals surface area (Å²) in [4.78, 5) is 11.5. The number of benzene rings is 1. The van der Waals surface area contributed by atoms with Gasteiger partial charge in [0.1, 0.15) is 5.75 Å². The lowest BCUT2D eigenvalue weighted by Crippen LogP contribution is -2.18. The number of fused-ring (bicyclic) bond motifs is 1. The Labute approximate surface area is 86.0 Å². The summed E-state index contributed by atoms with van der Waals surface area (Å²) in [7, 11) is 3.08. The molecule has 0 bridgehead atoms. The van der Waals surface area contributed by atoms with Crippen LogP contribution in [0.3, 0.4) is 0 Å². The van der Waals surface area contributed by atoms with Crippen molar-refractivity contribution in [3.8, 4) is 5.75 Å². The quantitative estimate of drug-likeness (QED) is 0.801. The van der Waals surface area contributed by atoms with E-state index in [1.54, 1.807) is 18.2 Å². The Kier molecular flexibility index (Phi) is 2.29. The SMILES string of the molecule is CNC(=O)c1noc2cccc(OC)c12. The number of hydrogen-bond donors (Lipinski definition) is 1. The topological polar surface area (TPSA) is 64.4 Å². The normalized spacial score (nSPS) is 10.3. The summed E-state index contributed by atoms with van der Waals surface area (Å²) in [6, 6.07) is 5.27. The van der Waals surface area contributed by atoms with Gasteiger partial charge in [0.25, 0.3) is 5.91 Å². The number of nitrogens with zero attached hydrogens (tertiary/aromatic N) is 1. The fourth-order valence-electron chi connectivity index (χ4n) is 1.40. The predicted molar refractivity (Wildman–Crippen MR) is 54.0 cm³/mol. The Balaban J connectivity index is 2.71. The zero-order chi connectivity index (χ0) is 10.8. The Morgan fingerprint density at radius 2 is 2.33 bits per heavy atom. The van der Waals surface area contributed by atoms with Crippen molar-refractivity contribution in [1.82, 2.24) is 10.5 Å². The van der Waals surface area contributed by atoms with Crippen molar-refractivity contribution in [2.24, 2.45) is 0 Å². The maximum absolute atomic E-state index is 11.5. The van der Waals surface area contributed by atoms with Crippen molar-refractivity contribution in [2.75, 3.05) is 14.2 Å². The van der Waals surface area contributed by atoms with Gasteiger partial charge in [-0.05, 0) is 12.1 Å². The summed E-state index contributed by atoms with van der Waals surface area (Å²) >= 11 is 0. The molecule has 5 nitrogen and oxygen atoms in total. The van der Waals surface area contributed by atoms with E-state index in [0.717, 1.165) is 0 Å². The van der Waals surface area contributed by atoms with Gasteiger partial charge in [-0.1, -0.05) is 11.2 Å². The van der Waals surface area contributed by atoms with Gasteiger partial charge in [0.15, 0.2) is 11.3 Å². The van der Waals surface area contributed by atoms with Crippen molar-refractivity contribution in [1.29, 1.82) is 0 Å². The molecule has 0 saturated carbocycles. The van der Waals surface area contributed by atoms with Crippen LogP contribution in [0.1, 0.15) is 10.5 Å². The van der Waals surface area contributed by atoms with E-state index in [1.165, 1.54) is 14.2 Å². The molecule has 5 heteroatoms. The van der Waals surface area contributed by atoms with Crippen LogP contribution in [0.15, 0.2) is 22.7 Å². The van der Waals surface area contributed by atoms with E-state index >= 15 is 0 Å². The Bertz CT molecular complexity index is 504. The molecule has 2 rings (SSSR count). The number of nitrogens with one attached hydrogen (secondary N) is 1. The number of carbonyl (C=O) groups excluding carboxylic acids is 1. The summed E-state index contributed by atoms with van der Waals surface area (Å²) in [5, 5.41) is 6.80. The molecule has 0 atom stereocenters. The summed E-state index contributed by atoms with van der Waals surface area (Å²) in [5.41, 5.74) is 0.776. The lowest BCUT2D eigenvalue weighted by atomic mass is 10.2. The van der Waals surface area contributed by atoms with E-state index in [-0.39, 0.29) is 11.6 Å². The average Bonchev–Trinajstić information content (AvgIpc) is 2.71. The first-order valence-corrected chi connectivity index (χ1v) is 4.42. The van der Waals surface area contributed by atoms with E-state index in [0.29, 0.717) is 16.7 Å². The Morgan fingerprint density at radius 1 is 1.53 bits per heavy atom. The highest BCUT2D eigenvalue weighted by Crippen LogP contribution is 2.28. The van der Waals surface area contributed by atoms with Gasteiger partial charge >= 0.3 is 0 Å². The molecule has 0 unspecified atom stereocenters. The number of amides is 1. The van der Waals surface area contributed by atoms with Crippen LogP contribution in [0, 0.1) is 0 Å². The third-order valence-corrected chi connectivity index (χ3v) is 2.12. The van der Waals surface area contributed by atoms with Crippen molar-refractivity contribution in [3.63, 3.8) is 0 Å². The largest absolute Gasteiger partial charge is 0.496 e. The molecule has 1 aromatic heterocycles. The third kappa shape index (κ3) is 1.41. The van der Waals surface area contributed by atoms with E-state index in [2.05, 4.69) is 10.5 Å². The second-order valence-electron chi connectivity index (χ2n) is 2.94. The molecule has 1 heterocycles. The zero-order valence-electron chi connectivity index (χ0n) is 8.40. The first kappa shape index (κ1) is 9.51. The molecule has 0 radical (unpaired) electrons. The van der Waals surface area contributed by atoms with E-state index in [4.69, 9.17) is 9.26 Å². The van der Waals surface area contributed by atoms with E-state index in [1.807, 2.05) is 0 Å². The van der Waals surface area contributed by atoms with Gasteiger partial charge in [0.05, 0.1) is 12.5 Å². The molecular formula is C10H10N2O3. The van der Waals surface area contributed by atoms with Gasteiger partial charge in [-0.25, -0.2) is 0 Å². The second-order valence-corrected chi connectivity index (χ2v) is 2.94. The van der Waals surface area contributed by atoms with Crippen LogP contribution in [-0.2, 0) is 0 Å². The molecule has 1 amide bonds. The molecule has 0 aliphatic heterocycles. The Hall–Kier alpha value is -2.04. The first-order valence-electron chi connectivity index (χ1n) is 4.42. The Morgan fingerprint density at radius 3 is 3.00 bits per heavy atom. The summed E-state index contributed by atoms with van der Waals surface area (Å²) in [6.45, 7) is 0. The number of ether oxygens (including phenoxy) is 1. The van der Waals surface area contributed by atoms with Gasteiger partial charge < -0.3 is 14.6 Å². The minimum absolute atomic E-state index is 0.241. The van der Waals surface area contributed by atoms with Crippen LogP contribution < -0.4 is 10.1 Å². The summed E-state index contributed by atoms with van der Waals surface area (Å²) < 4.78 is 10.2. The molecule has 1 aromatic carbocycles. The minimum atomic E-state index is -0.293. The van der Waals surface area contributed by atoms with Crippen molar-refractivity contribution in [2.45, 2.75) is 0 Å². The highest BCUT2D eigenvalue weighted by Gasteiger charge is 2.18. The second kappa shape index (κ2) is 3.61. The fourth-order valence-corrected chi connectivity index (χ4v) is 1.40.